The van der Waals surface area contributed by atoms with Crippen LogP contribution in [-0.2, 0) is 4.79 Å². The summed E-state index contributed by atoms with van der Waals surface area (Å²) in [6.45, 7) is 2.61. The monoisotopic (exact) mass is 345 g/mol. The van der Waals surface area contributed by atoms with E-state index >= 15 is 0 Å². The van der Waals surface area contributed by atoms with E-state index in [1.54, 1.807) is 29.2 Å². The third-order valence-corrected chi connectivity index (χ3v) is 4.13. The standard InChI is InChI=1S/C18H17F2N3O2/c1-11(16-14(19)3-2-4-15(16)20)17(24)22-12-5-7-13(8-6-12)23-10-9-21-18(23)25/h2-8,11H,9-10H2,1H3,(H,21,25)(H,22,24). The molecule has 0 radical (unpaired) electrons. The predicted molar refractivity (Wildman–Crippen MR) is 90.6 cm³/mol. The molecule has 7 heteroatoms. The molecule has 0 spiro atoms. The summed E-state index contributed by atoms with van der Waals surface area (Å²) in [5.74, 6) is -3.00. The third kappa shape index (κ3) is 3.45. The van der Waals surface area contributed by atoms with Crippen LogP contribution in [0.25, 0.3) is 0 Å². The van der Waals surface area contributed by atoms with Gasteiger partial charge in [0.15, 0.2) is 0 Å². The van der Waals surface area contributed by atoms with Gasteiger partial charge in [0.2, 0.25) is 5.91 Å². The van der Waals surface area contributed by atoms with Crippen LogP contribution in [0.5, 0.6) is 0 Å². The van der Waals surface area contributed by atoms with E-state index in [1.807, 2.05) is 0 Å². The van der Waals surface area contributed by atoms with Crippen molar-refractivity contribution in [3.05, 3.63) is 59.7 Å². The summed E-state index contributed by atoms with van der Waals surface area (Å²) in [6, 6.07) is 10.0. The molecule has 1 aliphatic rings. The molecular formula is C18H17F2N3O2. The number of anilines is 2. The predicted octanol–water partition coefficient (Wildman–Crippen LogP) is 3.24. The molecule has 1 saturated heterocycles. The van der Waals surface area contributed by atoms with Gasteiger partial charge in [0.05, 0.1) is 5.92 Å². The molecule has 0 bridgehead atoms. The van der Waals surface area contributed by atoms with Crippen molar-refractivity contribution >= 4 is 23.3 Å². The Morgan fingerprint density at radius 1 is 1.16 bits per heavy atom. The van der Waals surface area contributed by atoms with Gasteiger partial charge in [0.25, 0.3) is 0 Å². The molecule has 5 nitrogen and oxygen atoms in total. The number of nitrogens with one attached hydrogen (secondary N) is 2. The van der Waals surface area contributed by atoms with Crippen molar-refractivity contribution < 1.29 is 18.4 Å². The average Bonchev–Trinajstić information content (AvgIpc) is 3.01. The number of carbonyl (C=O) groups excluding carboxylic acids is 2. The van der Waals surface area contributed by atoms with Crippen molar-refractivity contribution in [1.29, 1.82) is 0 Å². The minimum atomic E-state index is -0.981. The molecule has 130 valence electrons. The Hall–Kier alpha value is -2.96. The Bertz CT molecular complexity index is 788. The van der Waals surface area contributed by atoms with Crippen LogP contribution in [0.2, 0.25) is 0 Å². The largest absolute Gasteiger partial charge is 0.336 e. The second-order valence-electron chi connectivity index (χ2n) is 5.78. The summed E-state index contributed by atoms with van der Waals surface area (Å²) in [7, 11) is 0. The first-order chi connectivity index (χ1) is 12.0. The molecule has 1 unspecified atom stereocenters. The fourth-order valence-corrected chi connectivity index (χ4v) is 2.75. The Morgan fingerprint density at radius 2 is 1.80 bits per heavy atom. The van der Waals surface area contributed by atoms with E-state index < -0.39 is 23.5 Å². The normalized spacial score (nSPS) is 15.0. The summed E-state index contributed by atoms with van der Waals surface area (Å²) in [4.78, 5) is 25.5. The highest BCUT2D eigenvalue weighted by Crippen LogP contribution is 2.25. The first-order valence-electron chi connectivity index (χ1n) is 7.87. The maximum atomic E-state index is 13.8. The molecule has 0 aromatic heterocycles. The number of amides is 3. The van der Waals surface area contributed by atoms with Gasteiger partial charge in [-0.3, -0.25) is 9.69 Å². The van der Waals surface area contributed by atoms with Crippen LogP contribution < -0.4 is 15.5 Å². The molecule has 1 fully saturated rings. The van der Waals surface area contributed by atoms with Gasteiger partial charge in [-0.05, 0) is 43.3 Å². The van der Waals surface area contributed by atoms with E-state index in [9.17, 15) is 18.4 Å². The van der Waals surface area contributed by atoms with Crippen LogP contribution in [0.1, 0.15) is 18.4 Å². The topological polar surface area (TPSA) is 61.4 Å². The summed E-state index contributed by atoms with van der Waals surface area (Å²) >= 11 is 0. The average molecular weight is 345 g/mol. The number of carbonyl (C=O) groups is 2. The van der Waals surface area contributed by atoms with Gasteiger partial charge >= 0.3 is 6.03 Å². The van der Waals surface area contributed by atoms with Crippen molar-refractivity contribution in [2.45, 2.75) is 12.8 Å². The summed E-state index contributed by atoms with van der Waals surface area (Å²) in [5, 5.41) is 5.34. The lowest BCUT2D eigenvalue weighted by molar-refractivity contribution is -0.117. The Labute approximate surface area is 143 Å². The maximum Gasteiger partial charge on any atom is 0.321 e. The number of hydrogen-bond acceptors (Lipinski definition) is 2. The molecule has 0 saturated carbocycles. The van der Waals surface area contributed by atoms with Crippen molar-refractivity contribution in [3.63, 3.8) is 0 Å². The van der Waals surface area contributed by atoms with Crippen molar-refractivity contribution in [2.24, 2.45) is 0 Å². The highest BCUT2D eigenvalue weighted by atomic mass is 19.1. The van der Waals surface area contributed by atoms with Gasteiger partial charge in [-0.1, -0.05) is 6.07 Å². The van der Waals surface area contributed by atoms with E-state index in [0.717, 1.165) is 12.1 Å². The fraction of sp³-hybridized carbons (Fsp3) is 0.222. The summed E-state index contributed by atoms with van der Waals surface area (Å²) in [5.41, 5.74) is 0.934. The van der Waals surface area contributed by atoms with Crippen molar-refractivity contribution in [3.8, 4) is 0 Å². The lowest BCUT2D eigenvalue weighted by atomic mass is 9.99. The van der Waals surface area contributed by atoms with Crippen LogP contribution in [0.3, 0.4) is 0 Å². The summed E-state index contributed by atoms with van der Waals surface area (Å²) < 4.78 is 27.6. The highest BCUT2D eigenvalue weighted by molar-refractivity contribution is 5.97. The van der Waals surface area contributed by atoms with Crippen LogP contribution >= 0.6 is 0 Å². The number of urea groups is 1. The molecule has 2 N–H and O–H groups in total. The van der Waals surface area contributed by atoms with E-state index in [4.69, 9.17) is 0 Å². The summed E-state index contributed by atoms with van der Waals surface area (Å²) in [6.07, 6.45) is 0. The molecule has 1 heterocycles. The van der Waals surface area contributed by atoms with Crippen LogP contribution in [0.15, 0.2) is 42.5 Å². The molecule has 1 aliphatic heterocycles. The Morgan fingerprint density at radius 3 is 2.36 bits per heavy atom. The minimum Gasteiger partial charge on any atom is -0.336 e. The zero-order valence-corrected chi connectivity index (χ0v) is 13.6. The number of benzene rings is 2. The molecule has 25 heavy (non-hydrogen) atoms. The van der Waals surface area contributed by atoms with E-state index in [2.05, 4.69) is 10.6 Å². The first-order valence-corrected chi connectivity index (χ1v) is 7.87. The number of rotatable bonds is 4. The second-order valence-corrected chi connectivity index (χ2v) is 5.78. The van der Waals surface area contributed by atoms with Crippen LogP contribution in [0, 0.1) is 11.6 Å². The molecule has 2 aromatic rings. The van der Waals surface area contributed by atoms with E-state index in [1.165, 1.54) is 13.0 Å². The van der Waals surface area contributed by atoms with E-state index in [-0.39, 0.29) is 11.6 Å². The third-order valence-electron chi connectivity index (χ3n) is 4.13. The van der Waals surface area contributed by atoms with Crippen molar-refractivity contribution in [1.82, 2.24) is 5.32 Å². The SMILES string of the molecule is CC(C(=O)Nc1ccc(N2CCNC2=O)cc1)c1c(F)cccc1F. The Balaban J connectivity index is 1.71. The highest BCUT2D eigenvalue weighted by Gasteiger charge is 2.23. The van der Waals surface area contributed by atoms with Gasteiger partial charge in [-0.25, -0.2) is 13.6 Å². The quantitative estimate of drug-likeness (QED) is 0.894. The second kappa shape index (κ2) is 6.88. The number of hydrogen-bond donors (Lipinski definition) is 2. The lowest BCUT2D eigenvalue weighted by Crippen LogP contribution is -2.27. The number of halogens is 2. The number of nitrogens with zero attached hydrogens (tertiary/aromatic N) is 1. The molecule has 3 rings (SSSR count). The van der Waals surface area contributed by atoms with Gasteiger partial charge in [-0.2, -0.15) is 0 Å². The molecular weight excluding hydrogens is 328 g/mol. The minimum absolute atomic E-state index is 0.166. The van der Waals surface area contributed by atoms with E-state index in [0.29, 0.717) is 24.5 Å². The van der Waals surface area contributed by atoms with Gasteiger partial charge in [0.1, 0.15) is 11.6 Å². The zero-order chi connectivity index (χ0) is 18.0. The Kier molecular flexibility index (Phi) is 4.65. The van der Waals surface area contributed by atoms with Gasteiger partial charge in [-0.15, -0.1) is 0 Å². The van der Waals surface area contributed by atoms with Crippen LogP contribution in [-0.4, -0.2) is 25.0 Å². The zero-order valence-electron chi connectivity index (χ0n) is 13.6. The van der Waals surface area contributed by atoms with Gasteiger partial charge in [0, 0.05) is 30.0 Å². The lowest BCUT2D eigenvalue weighted by Gasteiger charge is -2.16. The van der Waals surface area contributed by atoms with Crippen LogP contribution in [0.4, 0.5) is 25.0 Å². The molecule has 2 aromatic carbocycles. The fourth-order valence-electron chi connectivity index (χ4n) is 2.75. The first kappa shape index (κ1) is 16.9. The van der Waals surface area contributed by atoms with Gasteiger partial charge < -0.3 is 10.6 Å². The molecule has 0 aliphatic carbocycles. The molecule has 3 amide bonds. The van der Waals surface area contributed by atoms with Crippen molar-refractivity contribution in [2.75, 3.05) is 23.3 Å². The molecule has 1 atom stereocenters. The smallest absolute Gasteiger partial charge is 0.321 e. The maximum absolute atomic E-state index is 13.8.